The Bertz CT molecular complexity index is 1380. The van der Waals surface area contributed by atoms with E-state index in [1.165, 1.54) is 7.11 Å². The molecule has 1 saturated heterocycles. The zero-order chi connectivity index (χ0) is 29.5. The molecule has 3 aliphatic rings. The summed E-state index contributed by atoms with van der Waals surface area (Å²) in [5.41, 5.74) is 2.02. The van der Waals surface area contributed by atoms with Gasteiger partial charge < -0.3 is 9.47 Å². The van der Waals surface area contributed by atoms with Crippen molar-refractivity contribution in [2.45, 2.75) is 51.5 Å². The first-order valence-electron chi connectivity index (χ1n) is 13.6. The number of piperidine rings is 1. The number of nitrogens with zero attached hydrogens (tertiary/aromatic N) is 1. The summed E-state index contributed by atoms with van der Waals surface area (Å²) in [7, 11) is 1.37. The van der Waals surface area contributed by atoms with Crippen LogP contribution in [0.15, 0.2) is 47.5 Å². The van der Waals surface area contributed by atoms with Gasteiger partial charge in [0.2, 0.25) is 0 Å². The predicted molar refractivity (Wildman–Crippen MR) is 142 cm³/mol. The van der Waals surface area contributed by atoms with Crippen LogP contribution in [-0.4, -0.2) is 37.7 Å². The van der Waals surface area contributed by atoms with E-state index in [9.17, 15) is 31.1 Å². The van der Waals surface area contributed by atoms with Gasteiger partial charge in [0.05, 0.1) is 18.2 Å². The SMILES string of the molecule is COC(=O)/C(C)=C(/c1ccc2c(c1)C=C(C1CCN(Cc3cc(C(F)(F)F)ccc3C(F)(F)F)CC1)CO2)C1CC1. The number of halogens is 6. The average Bonchev–Trinajstić information content (AvgIpc) is 3.77. The predicted octanol–water partition coefficient (Wildman–Crippen LogP) is 7.77. The molecule has 2 fully saturated rings. The number of hydrogen-bond donors (Lipinski definition) is 0. The fourth-order valence-electron chi connectivity index (χ4n) is 5.87. The number of rotatable bonds is 6. The van der Waals surface area contributed by atoms with E-state index in [1.54, 1.807) is 11.8 Å². The van der Waals surface area contributed by atoms with Crippen LogP contribution in [0.5, 0.6) is 5.75 Å². The molecule has 5 rings (SSSR count). The smallest absolute Gasteiger partial charge is 0.416 e. The van der Waals surface area contributed by atoms with Crippen LogP contribution in [0.1, 0.15) is 60.4 Å². The minimum Gasteiger partial charge on any atom is -0.489 e. The Morgan fingerprint density at radius 3 is 2.29 bits per heavy atom. The fourth-order valence-corrected chi connectivity index (χ4v) is 5.87. The Morgan fingerprint density at radius 1 is 0.976 bits per heavy atom. The maximum atomic E-state index is 13.5. The number of alkyl halides is 6. The summed E-state index contributed by atoms with van der Waals surface area (Å²) in [4.78, 5) is 14.0. The van der Waals surface area contributed by atoms with Crippen molar-refractivity contribution in [1.29, 1.82) is 0 Å². The molecule has 41 heavy (non-hydrogen) atoms. The number of benzene rings is 2. The van der Waals surface area contributed by atoms with Crippen LogP contribution in [0.4, 0.5) is 26.3 Å². The van der Waals surface area contributed by atoms with Crippen molar-refractivity contribution in [3.63, 3.8) is 0 Å². The standard InChI is InChI=1S/C31H31F6NO3/c1-18(29(39)40-2)28(20-3-4-20)21-5-8-27-22(13-21)14-24(17-41-27)19-9-11-38(12-10-19)16-23-15-25(30(32,33)34)6-7-26(23)31(35,36)37/h5-8,13-15,19-20H,3-4,9-12,16-17H2,1-2H3/b28-18+. The average molecular weight is 580 g/mol. The highest BCUT2D eigenvalue weighted by Gasteiger charge is 2.38. The zero-order valence-corrected chi connectivity index (χ0v) is 22.8. The molecule has 0 unspecified atom stereocenters. The number of methoxy groups -OCH3 is 1. The topological polar surface area (TPSA) is 38.8 Å². The molecule has 0 spiro atoms. The van der Waals surface area contributed by atoms with Crippen molar-refractivity contribution in [2.75, 3.05) is 26.8 Å². The lowest BCUT2D eigenvalue weighted by Gasteiger charge is -2.35. The molecule has 4 nitrogen and oxygen atoms in total. The van der Waals surface area contributed by atoms with Gasteiger partial charge in [0.15, 0.2) is 0 Å². The number of ether oxygens (including phenoxy) is 2. The highest BCUT2D eigenvalue weighted by molar-refractivity contribution is 5.98. The van der Waals surface area contributed by atoms with Crippen LogP contribution in [0.2, 0.25) is 0 Å². The molecule has 0 atom stereocenters. The third-order valence-corrected chi connectivity index (χ3v) is 8.18. The quantitative estimate of drug-likeness (QED) is 0.199. The van der Waals surface area contributed by atoms with Crippen LogP contribution in [0.3, 0.4) is 0 Å². The van der Waals surface area contributed by atoms with Gasteiger partial charge in [-0.2, -0.15) is 26.3 Å². The molecular weight excluding hydrogens is 548 g/mol. The van der Waals surface area contributed by atoms with E-state index in [2.05, 4.69) is 6.08 Å². The van der Waals surface area contributed by atoms with E-state index in [4.69, 9.17) is 9.47 Å². The number of carbonyl (C=O) groups is 1. The van der Waals surface area contributed by atoms with Crippen molar-refractivity contribution in [2.24, 2.45) is 11.8 Å². The molecular formula is C31H31F6NO3. The van der Waals surface area contributed by atoms with E-state index < -0.39 is 23.5 Å². The molecule has 0 bridgehead atoms. The molecule has 2 aromatic rings. The van der Waals surface area contributed by atoms with Gasteiger partial charge in [-0.15, -0.1) is 0 Å². The van der Waals surface area contributed by atoms with Crippen LogP contribution in [0, 0.1) is 11.8 Å². The molecule has 1 saturated carbocycles. The number of carbonyl (C=O) groups excluding carboxylic acids is 1. The molecule has 2 aliphatic heterocycles. The minimum atomic E-state index is -4.74. The summed E-state index contributed by atoms with van der Waals surface area (Å²) in [6.07, 6.45) is -4.03. The van der Waals surface area contributed by atoms with Gasteiger partial charge in [-0.05, 0) is 116 Å². The lowest BCUT2D eigenvalue weighted by molar-refractivity contribution is -0.142. The van der Waals surface area contributed by atoms with Crippen molar-refractivity contribution in [3.05, 3.63) is 75.4 Å². The number of likely N-dealkylation sites (tertiary alicyclic amines) is 1. The third-order valence-electron chi connectivity index (χ3n) is 8.18. The molecule has 2 aromatic carbocycles. The Labute approximate surface area is 234 Å². The molecule has 0 N–H and O–H groups in total. The van der Waals surface area contributed by atoms with E-state index in [1.807, 2.05) is 18.2 Å². The van der Waals surface area contributed by atoms with E-state index >= 15 is 0 Å². The molecule has 1 aliphatic carbocycles. The lowest BCUT2D eigenvalue weighted by Crippen LogP contribution is -2.35. The van der Waals surface area contributed by atoms with Crippen LogP contribution in [-0.2, 0) is 28.4 Å². The Kier molecular flexibility index (Phi) is 7.98. The Hall–Kier alpha value is -3.27. The van der Waals surface area contributed by atoms with E-state index in [0.29, 0.717) is 62.2 Å². The third kappa shape index (κ3) is 6.47. The number of hydrogen-bond acceptors (Lipinski definition) is 4. The van der Waals surface area contributed by atoms with Crippen molar-refractivity contribution in [1.82, 2.24) is 4.90 Å². The van der Waals surface area contributed by atoms with Gasteiger partial charge in [-0.3, -0.25) is 4.90 Å². The maximum absolute atomic E-state index is 13.5. The van der Waals surface area contributed by atoms with Crippen molar-refractivity contribution >= 4 is 17.6 Å². The lowest BCUT2D eigenvalue weighted by atomic mass is 9.86. The number of allylic oxidation sites excluding steroid dienone is 1. The Balaban J connectivity index is 1.31. The Morgan fingerprint density at radius 2 is 1.68 bits per heavy atom. The molecule has 0 aromatic heterocycles. The summed E-state index contributed by atoms with van der Waals surface area (Å²) in [5.74, 6) is 0.849. The second-order valence-corrected chi connectivity index (χ2v) is 11.0. The summed E-state index contributed by atoms with van der Waals surface area (Å²) >= 11 is 0. The van der Waals surface area contributed by atoms with E-state index in [-0.39, 0.29) is 24.0 Å². The van der Waals surface area contributed by atoms with Crippen LogP contribution >= 0.6 is 0 Å². The molecule has 2 heterocycles. The van der Waals surface area contributed by atoms with Crippen LogP contribution < -0.4 is 4.74 Å². The fraction of sp³-hybridized carbons (Fsp3) is 0.452. The number of fused-ring (bicyclic) bond motifs is 1. The zero-order valence-electron chi connectivity index (χ0n) is 22.8. The first kappa shape index (κ1) is 29.2. The molecule has 220 valence electrons. The molecule has 10 heteroatoms. The highest BCUT2D eigenvalue weighted by atomic mass is 19.4. The minimum absolute atomic E-state index is 0.141. The highest BCUT2D eigenvalue weighted by Crippen LogP contribution is 2.45. The van der Waals surface area contributed by atoms with Gasteiger partial charge in [0.25, 0.3) is 0 Å². The van der Waals surface area contributed by atoms with Gasteiger partial charge in [0.1, 0.15) is 12.4 Å². The van der Waals surface area contributed by atoms with Gasteiger partial charge in [0, 0.05) is 17.7 Å². The summed E-state index contributed by atoms with van der Waals surface area (Å²) in [5, 5.41) is 0. The summed E-state index contributed by atoms with van der Waals surface area (Å²) in [6, 6.07) is 7.51. The van der Waals surface area contributed by atoms with Crippen molar-refractivity contribution in [3.8, 4) is 5.75 Å². The number of esters is 1. The molecule has 0 radical (unpaired) electrons. The molecule has 0 amide bonds. The first-order chi connectivity index (χ1) is 19.3. The van der Waals surface area contributed by atoms with Gasteiger partial charge in [-0.1, -0.05) is 6.07 Å². The largest absolute Gasteiger partial charge is 0.489 e. The monoisotopic (exact) mass is 579 g/mol. The first-order valence-corrected chi connectivity index (χ1v) is 13.6. The van der Waals surface area contributed by atoms with Crippen LogP contribution in [0.25, 0.3) is 11.6 Å². The maximum Gasteiger partial charge on any atom is 0.416 e. The van der Waals surface area contributed by atoms with E-state index in [0.717, 1.165) is 40.9 Å². The summed E-state index contributed by atoms with van der Waals surface area (Å²) in [6.45, 7) is 2.88. The summed E-state index contributed by atoms with van der Waals surface area (Å²) < 4.78 is 91.2. The second kappa shape index (κ2) is 11.2. The van der Waals surface area contributed by atoms with Crippen molar-refractivity contribution < 1.29 is 40.6 Å². The normalized spacial score (nSPS) is 19.2. The van der Waals surface area contributed by atoms with Gasteiger partial charge >= 0.3 is 18.3 Å². The second-order valence-electron chi connectivity index (χ2n) is 11.0. The van der Waals surface area contributed by atoms with Gasteiger partial charge in [-0.25, -0.2) is 4.79 Å².